The SMILES string of the molecule is Cc1cccc(-c2nc(Nc3ccnc(Nc4ccc(CC(=O)C5CCNC5)cc4)n3)c3cccn3n2)n1. The van der Waals surface area contributed by atoms with E-state index in [1.54, 1.807) is 16.8 Å². The maximum atomic E-state index is 12.5. The summed E-state index contributed by atoms with van der Waals surface area (Å²) in [5.41, 5.74) is 4.24. The number of carbonyl (C=O) groups is 1. The molecular formula is C28H27N9O. The van der Waals surface area contributed by atoms with Crippen molar-refractivity contribution in [2.24, 2.45) is 5.92 Å². The summed E-state index contributed by atoms with van der Waals surface area (Å²) < 4.78 is 1.77. The molecule has 0 saturated carbocycles. The number of nitrogens with one attached hydrogen (secondary N) is 3. The molecular weight excluding hydrogens is 478 g/mol. The lowest BCUT2D eigenvalue weighted by molar-refractivity contribution is -0.121. The lowest BCUT2D eigenvalue weighted by Gasteiger charge is -2.11. The molecule has 4 aromatic heterocycles. The van der Waals surface area contributed by atoms with E-state index >= 15 is 0 Å². The number of ketones is 1. The van der Waals surface area contributed by atoms with Gasteiger partial charge in [0.15, 0.2) is 5.82 Å². The molecule has 0 amide bonds. The number of fused-ring (bicyclic) bond motifs is 1. The molecule has 5 heterocycles. The van der Waals surface area contributed by atoms with Gasteiger partial charge in [0.1, 0.15) is 22.8 Å². The maximum Gasteiger partial charge on any atom is 0.229 e. The molecule has 0 spiro atoms. The molecule has 0 aliphatic carbocycles. The highest BCUT2D eigenvalue weighted by atomic mass is 16.1. The lowest BCUT2D eigenvalue weighted by atomic mass is 9.97. The third kappa shape index (κ3) is 5.21. The zero-order chi connectivity index (χ0) is 25.9. The van der Waals surface area contributed by atoms with Crippen molar-refractivity contribution in [2.45, 2.75) is 19.8 Å². The largest absolute Gasteiger partial charge is 0.324 e. The van der Waals surface area contributed by atoms with Crippen LogP contribution in [-0.4, -0.2) is 48.4 Å². The van der Waals surface area contributed by atoms with Crippen LogP contribution in [0.15, 0.2) is 73.1 Å². The maximum absolute atomic E-state index is 12.5. The van der Waals surface area contributed by atoms with Crippen LogP contribution in [0.2, 0.25) is 0 Å². The average molecular weight is 506 g/mol. The molecule has 3 N–H and O–H groups in total. The summed E-state index contributed by atoms with van der Waals surface area (Å²) >= 11 is 0. The monoisotopic (exact) mass is 505 g/mol. The number of anilines is 4. The number of hydrogen-bond acceptors (Lipinski definition) is 9. The first-order valence-corrected chi connectivity index (χ1v) is 12.6. The van der Waals surface area contributed by atoms with Crippen molar-refractivity contribution in [1.82, 2.24) is 34.9 Å². The topological polar surface area (TPSA) is 122 Å². The fraction of sp³-hybridized carbons (Fsp3) is 0.214. The predicted molar refractivity (Wildman–Crippen MR) is 146 cm³/mol. The highest BCUT2D eigenvalue weighted by Crippen LogP contribution is 2.23. The van der Waals surface area contributed by atoms with E-state index in [4.69, 9.17) is 4.98 Å². The summed E-state index contributed by atoms with van der Waals surface area (Å²) in [6, 6.07) is 19.2. The average Bonchev–Trinajstić information content (AvgIpc) is 3.63. The number of benzene rings is 1. The van der Waals surface area contributed by atoms with Crippen molar-refractivity contribution in [3.8, 4) is 11.5 Å². The van der Waals surface area contributed by atoms with Gasteiger partial charge < -0.3 is 16.0 Å². The molecule has 1 aliphatic heterocycles. The van der Waals surface area contributed by atoms with E-state index in [9.17, 15) is 4.79 Å². The molecule has 190 valence electrons. The first-order chi connectivity index (χ1) is 18.6. The second kappa shape index (κ2) is 10.3. The molecule has 0 radical (unpaired) electrons. The number of Topliss-reactive ketones (excluding diaryl/α,β-unsaturated/α-hetero) is 1. The Kier molecular flexibility index (Phi) is 6.45. The van der Waals surface area contributed by atoms with Crippen LogP contribution in [0.25, 0.3) is 17.0 Å². The minimum Gasteiger partial charge on any atom is -0.324 e. The van der Waals surface area contributed by atoms with Crippen LogP contribution >= 0.6 is 0 Å². The molecule has 1 aliphatic rings. The summed E-state index contributed by atoms with van der Waals surface area (Å²) in [5, 5.41) is 14.4. The van der Waals surface area contributed by atoms with Crippen LogP contribution in [-0.2, 0) is 11.2 Å². The third-order valence-electron chi connectivity index (χ3n) is 6.51. The molecule has 10 heteroatoms. The van der Waals surface area contributed by atoms with E-state index in [1.165, 1.54) is 0 Å². The molecule has 0 bridgehead atoms. The summed E-state index contributed by atoms with van der Waals surface area (Å²) in [7, 11) is 0. The van der Waals surface area contributed by atoms with Gasteiger partial charge in [-0.15, -0.1) is 5.10 Å². The van der Waals surface area contributed by atoms with Crippen molar-refractivity contribution >= 4 is 34.6 Å². The number of pyridine rings is 1. The van der Waals surface area contributed by atoms with Gasteiger partial charge in [-0.2, -0.15) is 4.98 Å². The minimum atomic E-state index is 0.128. The molecule has 38 heavy (non-hydrogen) atoms. The van der Waals surface area contributed by atoms with Crippen molar-refractivity contribution in [1.29, 1.82) is 0 Å². The number of aryl methyl sites for hydroxylation is 1. The number of aromatic nitrogens is 6. The van der Waals surface area contributed by atoms with Crippen LogP contribution in [0.4, 0.5) is 23.3 Å². The van der Waals surface area contributed by atoms with E-state index in [0.717, 1.165) is 42.0 Å². The summed E-state index contributed by atoms with van der Waals surface area (Å²) in [4.78, 5) is 30.7. The van der Waals surface area contributed by atoms with Crippen molar-refractivity contribution in [3.63, 3.8) is 0 Å². The Morgan fingerprint density at radius 2 is 1.92 bits per heavy atom. The number of carbonyl (C=O) groups excluding carboxylic acids is 1. The quantitative estimate of drug-likeness (QED) is 0.286. The number of hydrogen-bond donors (Lipinski definition) is 3. The molecule has 10 nitrogen and oxygen atoms in total. The Morgan fingerprint density at radius 3 is 2.74 bits per heavy atom. The van der Waals surface area contributed by atoms with E-state index in [-0.39, 0.29) is 5.92 Å². The van der Waals surface area contributed by atoms with Gasteiger partial charge in [-0.25, -0.2) is 19.5 Å². The van der Waals surface area contributed by atoms with Gasteiger partial charge in [0.05, 0.1) is 0 Å². The summed E-state index contributed by atoms with van der Waals surface area (Å²) in [5.74, 6) is 2.57. The predicted octanol–water partition coefficient (Wildman–Crippen LogP) is 4.10. The van der Waals surface area contributed by atoms with Gasteiger partial charge >= 0.3 is 0 Å². The Bertz CT molecular complexity index is 1590. The normalized spacial score (nSPS) is 15.0. The van der Waals surface area contributed by atoms with E-state index in [2.05, 4.69) is 36.0 Å². The second-order valence-corrected chi connectivity index (χ2v) is 9.33. The third-order valence-corrected chi connectivity index (χ3v) is 6.51. The minimum absolute atomic E-state index is 0.128. The Labute approximate surface area is 219 Å². The van der Waals surface area contributed by atoms with Gasteiger partial charge in [0.2, 0.25) is 11.8 Å². The van der Waals surface area contributed by atoms with E-state index in [0.29, 0.717) is 41.3 Å². The molecule has 1 unspecified atom stereocenters. The molecule has 1 saturated heterocycles. The van der Waals surface area contributed by atoms with Gasteiger partial charge in [0, 0.05) is 42.7 Å². The fourth-order valence-electron chi connectivity index (χ4n) is 4.52. The standard InChI is InChI=1S/C28H27N9O/c1-18-4-2-5-22(31-18)26-35-27(23-6-3-15-37(23)36-26)33-25-12-14-30-28(34-25)32-21-9-7-19(8-10-21)16-24(38)20-11-13-29-17-20/h2-10,12,14-15,20,29H,11,13,16-17H2,1H3,(H2,30,32,33,34,35,36). The first kappa shape index (κ1) is 23.7. The van der Waals surface area contributed by atoms with E-state index in [1.807, 2.05) is 67.7 Å². The second-order valence-electron chi connectivity index (χ2n) is 9.33. The number of rotatable bonds is 8. The Balaban J connectivity index is 1.18. The molecule has 1 fully saturated rings. The lowest BCUT2D eigenvalue weighted by Crippen LogP contribution is -2.19. The van der Waals surface area contributed by atoms with Crippen molar-refractivity contribution in [3.05, 3.63) is 84.3 Å². The van der Waals surface area contributed by atoms with Gasteiger partial charge in [-0.1, -0.05) is 18.2 Å². The van der Waals surface area contributed by atoms with Crippen LogP contribution in [0.5, 0.6) is 0 Å². The fourth-order valence-corrected chi connectivity index (χ4v) is 4.52. The molecule has 6 rings (SSSR count). The first-order valence-electron chi connectivity index (χ1n) is 12.6. The smallest absolute Gasteiger partial charge is 0.229 e. The molecule has 1 aromatic carbocycles. The van der Waals surface area contributed by atoms with Crippen LogP contribution in [0.1, 0.15) is 17.7 Å². The highest BCUT2D eigenvalue weighted by molar-refractivity contribution is 5.84. The van der Waals surface area contributed by atoms with Crippen LogP contribution in [0, 0.1) is 12.8 Å². The highest BCUT2D eigenvalue weighted by Gasteiger charge is 2.22. The van der Waals surface area contributed by atoms with Gasteiger partial charge in [0.25, 0.3) is 0 Å². The molecule has 5 aromatic rings. The zero-order valence-corrected chi connectivity index (χ0v) is 20.9. The summed E-state index contributed by atoms with van der Waals surface area (Å²) in [6.07, 6.45) is 4.93. The van der Waals surface area contributed by atoms with E-state index < -0.39 is 0 Å². The zero-order valence-electron chi connectivity index (χ0n) is 20.9. The van der Waals surface area contributed by atoms with Gasteiger partial charge in [-0.3, -0.25) is 4.79 Å². The molecule has 1 atom stereocenters. The Morgan fingerprint density at radius 1 is 1.03 bits per heavy atom. The van der Waals surface area contributed by atoms with Crippen LogP contribution < -0.4 is 16.0 Å². The van der Waals surface area contributed by atoms with Crippen molar-refractivity contribution < 1.29 is 4.79 Å². The summed E-state index contributed by atoms with van der Waals surface area (Å²) in [6.45, 7) is 3.65. The Hall–Kier alpha value is -4.70. The van der Waals surface area contributed by atoms with Crippen LogP contribution in [0.3, 0.4) is 0 Å². The van der Waals surface area contributed by atoms with Gasteiger partial charge in [-0.05, 0) is 67.9 Å². The van der Waals surface area contributed by atoms with Crippen molar-refractivity contribution in [2.75, 3.05) is 23.7 Å². The number of nitrogens with zero attached hydrogens (tertiary/aromatic N) is 6.